The first-order valence-electron chi connectivity index (χ1n) is 8.17. The fourth-order valence-corrected chi connectivity index (χ4v) is 2.87. The molecule has 6 nitrogen and oxygen atoms in total. The number of halogens is 3. The molecule has 3 amide bonds. The highest BCUT2D eigenvalue weighted by molar-refractivity contribution is 6.22. The van der Waals surface area contributed by atoms with Gasteiger partial charge in [0.1, 0.15) is 18.8 Å². The van der Waals surface area contributed by atoms with Crippen LogP contribution in [0.15, 0.2) is 48.5 Å². The lowest BCUT2D eigenvalue weighted by atomic mass is 10.1. The van der Waals surface area contributed by atoms with Crippen molar-refractivity contribution in [1.29, 1.82) is 0 Å². The van der Waals surface area contributed by atoms with Crippen LogP contribution in [-0.2, 0) is 4.79 Å². The normalized spacial score (nSPS) is 13.5. The molecule has 0 radical (unpaired) electrons. The van der Waals surface area contributed by atoms with E-state index in [2.05, 4.69) is 0 Å². The Kier molecular flexibility index (Phi) is 5.08. The van der Waals surface area contributed by atoms with Crippen LogP contribution in [0.5, 0.6) is 5.75 Å². The third kappa shape index (κ3) is 3.83. The zero-order valence-electron chi connectivity index (χ0n) is 14.7. The van der Waals surface area contributed by atoms with Crippen LogP contribution in [0.1, 0.15) is 20.7 Å². The molecule has 28 heavy (non-hydrogen) atoms. The number of imide groups is 1. The summed E-state index contributed by atoms with van der Waals surface area (Å²) < 4.78 is 44.0. The zero-order valence-corrected chi connectivity index (χ0v) is 14.7. The first-order valence-corrected chi connectivity index (χ1v) is 8.17. The summed E-state index contributed by atoms with van der Waals surface area (Å²) >= 11 is 0. The zero-order chi connectivity index (χ0) is 20.5. The van der Waals surface area contributed by atoms with Gasteiger partial charge in [-0.05, 0) is 36.4 Å². The average Bonchev–Trinajstić information content (AvgIpc) is 2.91. The van der Waals surface area contributed by atoms with Gasteiger partial charge in [0.25, 0.3) is 11.8 Å². The Hall–Kier alpha value is -3.36. The summed E-state index contributed by atoms with van der Waals surface area (Å²) in [7, 11) is 1.40. The van der Waals surface area contributed by atoms with Gasteiger partial charge >= 0.3 is 6.18 Å². The molecular weight excluding hydrogens is 377 g/mol. The van der Waals surface area contributed by atoms with E-state index < -0.39 is 37.0 Å². The van der Waals surface area contributed by atoms with E-state index in [0.29, 0.717) is 15.5 Å². The smallest absolute Gasteiger partial charge is 0.406 e. The first kappa shape index (κ1) is 19.4. The summed E-state index contributed by atoms with van der Waals surface area (Å²) in [5.74, 6) is -2.05. The molecule has 0 saturated heterocycles. The van der Waals surface area contributed by atoms with Crippen LogP contribution in [-0.4, -0.2) is 49.0 Å². The van der Waals surface area contributed by atoms with Crippen LogP contribution >= 0.6 is 0 Å². The van der Waals surface area contributed by atoms with E-state index in [1.165, 1.54) is 43.5 Å². The summed E-state index contributed by atoms with van der Waals surface area (Å²) in [6.07, 6.45) is -4.67. The van der Waals surface area contributed by atoms with E-state index in [-0.39, 0.29) is 16.8 Å². The van der Waals surface area contributed by atoms with Gasteiger partial charge in [0.2, 0.25) is 5.91 Å². The lowest BCUT2D eigenvalue weighted by Crippen LogP contribution is -2.46. The van der Waals surface area contributed by atoms with Crippen molar-refractivity contribution in [3.05, 3.63) is 59.7 Å². The van der Waals surface area contributed by atoms with Gasteiger partial charge in [0.05, 0.1) is 18.2 Å². The number of amides is 3. The molecule has 3 rings (SSSR count). The highest BCUT2D eigenvalue weighted by Gasteiger charge is 2.39. The monoisotopic (exact) mass is 392 g/mol. The molecule has 146 valence electrons. The van der Waals surface area contributed by atoms with Gasteiger partial charge in [-0.25, -0.2) is 0 Å². The van der Waals surface area contributed by atoms with E-state index >= 15 is 0 Å². The minimum Gasteiger partial charge on any atom is -0.497 e. The van der Waals surface area contributed by atoms with Crippen LogP contribution in [0, 0.1) is 0 Å². The van der Waals surface area contributed by atoms with Crippen molar-refractivity contribution in [1.82, 2.24) is 4.90 Å². The van der Waals surface area contributed by atoms with Crippen molar-refractivity contribution in [2.75, 3.05) is 25.1 Å². The number of ether oxygens (including phenoxy) is 1. The van der Waals surface area contributed by atoms with Crippen LogP contribution in [0.2, 0.25) is 0 Å². The Morgan fingerprint density at radius 2 is 1.54 bits per heavy atom. The second kappa shape index (κ2) is 7.34. The number of fused-ring (bicyclic) bond motifs is 1. The highest BCUT2D eigenvalue weighted by atomic mass is 19.4. The number of alkyl halides is 3. The number of carbonyl (C=O) groups excluding carboxylic acids is 3. The number of hydrogen-bond donors (Lipinski definition) is 0. The Balaban J connectivity index is 1.85. The van der Waals surface area contributed by atoms with Crippen molar-refractivity contribution >= 4 is 23.4 Å². The topological polar surface area (TPSA) is 66.9 Å². The molecule has 9 heteroatoms. The molecule has 1 aliphatic heterocycles. The largest absolute Gasteiger partial charge is 0.497 e. The summed E-state index contributed by atoms with van der Waals surface area (Å²) in [4.78, 5) is 38.5. The quantitative estimate of drug-likeness (QED) is 0.734. The van der Waals surface area contributed by atoms with Crippen molar-refractivity contribution in [3.8, 4) is 5.75 Å². The Morgan fingerprint density at radius 1 is 1.00 bits per heavy atom. The van der Waals surface area contributed by atoms with E-state index in [1.807, 2.05) is 0 Å². The molecule has 0 N–H and O–H groups in total. The molecule has 0 bridgehead atoms. The average molecular weight is 392 g/mol. The molecule has 0 unspecified atom stereocenters. The standard InChI is InChI=1S/C19H15F3N2O4/c1-28-13-8-6-12(7-9-13)24(11-19(20,21)22)16(25)10-23-17(26)14-4-2-3-5-15(14)18(23)27/h2-9H,10-11H2,1H3. The van der Waals surface area contributed by atoms with Crippen molar-refractivity contribution < 1.29 is 32.3 Å². The Bertz CT molecular complexity index is 891. The predicted molar refractivity (Wildman–Crippen MR) is 93.2 cm³/mol. The summed E-state index contributed by atoms with van der Waals surface area (Å²) in [5, 5.41) is 0. The molecule has 0 fully saturated rings. The lowest BCUT2D eigenvalue weighted by Gasteiger charge is -2.26. The van der Waals surface area contributed by atoms with Crippen LogP contribution in [0.4, 0.5) is 18.9 Å². The molecule has 0 saturated carbocycles. The second-order valence-corrected chi connectivity index (χ2v) is 6.04. The first-order chi connectivity index (χ1) is 13.2. The third-order valence-corrected chi connectivity index (χ3v) is 4.19. The molecule has 0 aromatic heterocycles. The number of benzene rings is 2. The Labute approximate surface area is 158 Å². The molecule has 2 aromatic rings. The van der Waals surface area contributed by atoms with Gasteiger partial charge in [-0.3, -0.25) is 19.3 Å². The van der Waals surface area contributed by atoms with E-state index in [9.17, 15) is 27.6 Å². The molecular formula is C19H15F3N2O4. The minimum atomic E-state index is -4.67. The van der Waals surface area contributed by atoms with Gasteiger partial charge in [-0.1, -0.05) is 12.1 Å². The Morgan fingerprint density at radius 3 is 2.00 bits per heavy atom. The third-order valence-electron chi connectivity index (χ3n) is 4.19. The number of hydrogen-bond acceptors (Lipinski definition) is 4. The summed E-state index contributed by atoms with van der Waals surface area (Å²) in [6.45, 7) is -2.35. The fraction of sp³-hybridized carbons (Fsp3) is 0.211. The van der Waals surface area contributed by atoms with Crippen LogP contribution < -0.4 is 9.64 Å². The number of carbonyl (C=O) groups is 3. The number of rotatable bonds is 5. The lowest BCUT2D eigenvalue weighted by molar-refractivity contribution is -0.132. The summed E-state index contributed by atoms with van der Waals surface area (Å²) in [5.41, 5.74) is 0.207. The van der Waals surface area contributed by atoms with Gasteiger partial charge in [0, 0.05) is 5.69 Å². The maximum absolute atomic E-state index is 13.0. The SMILES string of the molecule is COc1ccc(N(CC(F)(F)F)C(=O)CN2C(=O)c3ccccc3C2=O)cc1. The molecule has 0 aliphatic carbocycles. The molecule has 0 atom stereocenters. The van der Waals surface area contributed by atoms with Crippen molar-refractivity contribution in [2.45, 2.75) is 6.18 Å². The maximum Gasteiger partial charge on any atom is 0.406 e. The molecule has 0 spiro atoms. The fourth-order valence-electron chi connectivity index (χ4n) is 2.87. The van der Waals surface area contributed by atoms with Gasteiger partial charge in [-0.2, -0.15) is 13.2 Å². The van der Waals surface area contributed by atoms with Crippen molar-refractivity contribution in [2.24, 2.45) is 0 Å². The number of anilines is 1. The maximum atomic E-state index is 13.0. The van der Waals surface area contributed by atoms with Crippen LogP contribution in [0.25, 0.3) is 0 Å². The molecule has 2 aromatic carbocycles. The second-order valence-electron chi connectivity index (χ2n) is 6.04. The van der Waals surface area contributed by atoms with E-state index in [4.69, 9.17) is 4.74 Å². The summed E-state index contributed by atoms with van der Waals surface area (Å²) in [6, 6.07) is 11.4. The van der Waals surface area contributed by atoms with E-state index in [0.717, 1.165) is 0 Å². The number of nitrogens with zero attached hydrogens (tertiary/aromatic N) is 2. The predicted octanol–water partition coefficient (Wildman–Crippen LogP) is 2.89. The van der Waals surface area contributed by atoms with Gasteiger partial charge < -0.3 is 9.64 Å². The number of methoxy groups -OCH3 is 1. The minimum absolute atomic E-state index is 0.0280. The van der Waals surface area contributed by atoms with E-state index in [1.54, 1.807) is 12.1 Å². The van der Waals surface area contributed by atoms with Crippen LogP contribution in [0.3, 0.4) is 0 Å². The van der Waals surface area contributed by atoms with Crippen molar-refractivity contribution in [3.63, 3.8) is 0 Å². The highest BCUT2D eigenvalue weighted by Crippen LogP contribution is 2.26. The van der Waals surface area contributed by atoms with Gasteiger partial charge in [-0.15, -0.1) is 0 Å². The van der Waals surface area contributed by atoms with Gasteiger partial charge in [0.15, 0.2) is 0 Å². The molecule has 1 aliphatic rings. The molecule has 1 heterocycles.